The molecule has 0 saturated carbocycles. The van der Waals surface area contributed by atoms with Gasteiger partial charge in [0, 0.05) is 5.02 Å². The summed E-state index contributed by atoms with van der Waals surface area (Å²) in [7, 11) is 0. The van der Waals surface area contributed by atoms with Gasteiger partial charge in [-0.3, -0.25) is 4.79 Å². The molecule has 2 unspecified atom stereocenters. The summed E-state index contributed by atoms with van der Waals surface area (Å²) in [5, 5.41) is 12.3. The second-order valence-corrected chi connectivity index (χ2v) is 5.75. The number of nitrogens with zero attached hydrogens (tertiary/aromatic N) is 1. The van der Waals surface area contributed by atoms with Crippen molar-refractivity contribution in [1.29, 1.82) is 0 Å². The molecule has 0 aliphatic carbocycles. The van der Waals surface area contributed by atoms with E-state index in [1.165, 1.54) is 6.92 Å². The number of carboxylic acid groups (broad SMARTS) is 1. The lowest BCUT2D eigenvalue weighted by Crippen LogP contribution is -2.46. The molecule has 118 valence electrons. The minimum atomic E-state index is -1.25. The highest BCUT2D eigenvalue weighted by Crippen LogP contribution is 2.35. The molecule has 2 rings (SSSR count). The van der Waals surface area contributed by atoms with Gasteiger partial charge in [0.15, 0.2) is 0 Å². The largest absolute Gasteiger partial charge is 0.480 e. The number of carbonyl (C=O) groups is 3. The van der Waals surface area contributed by atoms with Crippen molar-refractivity contribution in [3.8, 4) is 0 Å². The van der Waals surface area contributed by atoms with E-state index in [0.29, 0.717) is 17.0 Å². The van der Waals surface area contributed by atoms with Crippen molar-refractivity contribution in [3.05, 3.63) is 34.3 Å². The first-order valence-electron chi connectivity index (χ1n) is 6.90. The molecular formula is C15H17ClN2O4. The van der Waals surface area contributed by atoms with E-state index in [4.69, 9.17) is 16.7 Å². The van der Waals surface area contributed by atoms with Crippen LogP contribution in [0.3, 0.4) is 0 Å². The molecule has 1 fully saturated rings. The van der Waals surface area contributed by atoms with Crippen LogP contribution in [0.25, 0.3) is 0 Å². The van der Waals surface area contributed by atoms with Crippen LogP contribution < -0.4 is 5.32 Å². The molecule has 2 atom stereocenters. The molecule has 0 aromatic heterocycles. The van der Waals surface area contributed by atoms with E-state index < -0.39 is 29.5 Å². The van der Waals surface area contributed by atoms with Gasteiger partial charge in [0.05, 0.1) is 0 Å². The fourth-order valence-electron chi connectivity index (χ4n) is 2.61. The average Bonchev–Trinajstić information content (AvgIpc) is 2.72. The number of nitrogens with one attached hydrogen (secondary N) is 1. The molecule has 0 spiro atoms. The monoisotopic (exact) mass is 324 g/mol. The Morgan fingerprint density at radius 2 is 2.09 bits per heavy atom. The lowest BCUT2D eigenvalue weighted by Gasteiger charge is -2.27. The predicted molar refractivity (Wildman–Crippen MR) is 80.6 cm³/mol. The van der Waals surface area contributed by atoms with E-state index in [-0.39, 0.29) is 0 Å². The Balaban J connectivity index is 2.51. The predicted octanol–water partition coefficient (Wildman–Crippen LogP) is 2.28. The SMILES string of the molecule is CCC1(c2ccc(Cl)c(C)c2)NC(=O)N(C(C)C(=O)O)C1=O. The quantitative estimate of drug-likeness (QED) is 0.832. The van der Waals surface area contributed by atoms with Crippen molar-refractivity contribution in [2.45, 2.75) is 38.8 Å². The van der Waals surface area contributed by atoms with Crippen LogP contribution >= 0.6 is 11.6 Å². The second-order valence-electron chi connectivity index (χ2n) is 5.34. The first-order chi connectivity index (χ1) is 10.2. The van der Waals surface area contributed by atoms with E-state index in [9.17, 15) is 14.4 Å². The molecule has 1 heterocycles. The summed E-state index contributed by atoms with van der Waals surface area (Å²) in [5.41, 5.74) is 0.116. The fourth-order valence-corrected chi connectivity index (χ4v) is 2.72. The summed E-state index contributed by atoms with van der Waals surface area (Å²) < 4.78 is 0. The van der Waals surface area contributed by atoms with Crippen LogP contribution in [0.4, 0.5) is 4.79 Å². The Kier molecular flexibility index (Phi) is 4.15. The zero-order valence-corrected chi connectivity index (χ0v) is 13.3. The highest BCUT2D eigenvalue weighted by atomic mass is 35.5. The van der Waals surface area contributed by atoms with Crippen molar-refractivity contribution >= 4 is 29.5 Å². The van der Waals surface area contributed by atoms with E-state index in [2.05, 4.69) is 5.32 Å². The number of amides is 3. The molecule has 1 aromatic carbocycles. The standard InChI is InChI=1S/C15H17ClN2O4/c1-4-15(10-5-6-11(16)8(2)7-10)13(21)18(14(22)17-15)9(3)12(19)20/h5-7,9H,4H2,1-3H3,(H,17,22)(H,19,20). The summed E-state index contributed by atoms with van der Waals surface area (Å²) in [5.74, 6) is -1.79. The van der Waals surface area contributed by atoms with Crippen LogP contribution in [0.15, 0.2) is 18.2 Å². The van der Waals surface area contributed by atoms with Gasteiger partial charge in [-0.2, -0.15) is 0 Å². The molecule has 3 amide bonds. The van der Waals surface area contributed by atoms with Gasteiger partial charge in [-0.05, 0) is 37.5 Å². The van der Waals surface area contributed by atoms with Crippen LogP contribution in [0.5, 0.6) is 0 Å². The topological polar surface area (TPSA) is 86.7 Å². The summed E-state index contributed by atoms with van der Waals surface area (Å²) in [6.45, 7) is 4.86. The van der Waals surface area contributed by atoms with Gasteiger partial charge in [0.1, 0.15) is 11.6 Å². The molecule has 1 aliphatic heterocycles. The van der Waals surface area contributed by atoms with E-state index >= 15 is 0 Å². The maximum absolute atomic E-state index is 12.8. The van der Waals surface area contributed by atoms with Crippen LogP contribution in [-0.2, 0) is 15.1 Å². The van der Waals surface area contributed by atoms with E-state index in [1.807, 2.05) is 0 Å². The smallest absolute Gasteiger partial charge is 0.326 e. The minimum absolute atomic E-state index is 0.307. The first-order valence-corrected chi connectivity index (χ1v) is 7.27. The molecule has 6 nitrogen and oxygen atoms in total. The van der Waals surface area contributed by atoms with Crippen molar-refractivity contribution in [1.82, 2.24) is 10.2 Å². The molecule has 0 radical (unpaired) electrons. The maximum atomic E-state index is 12.8. The van der Waals surface area contributed by atoms with Crippen LogP contribution in [-0.4, -0.2) is 34.0 Å². The third kappa shape index (κ3) is 2.33. The molecule has 7 heteroatoms. The van der Waals surface area contributed by atoms with Gasteiger partial charge in [-0.25, -0.2) is 14.5 Å². The zero-order valence-electron chi connectivity index (χ0n) is 12.5. The third-order valence-electron chi connectivity index (χ3n) is 4.05. The highest BCUT2D eigenvalue weighted by Gasteiger charge is 2.53. The number of aryl methyl sites for hydroxylation is 1. The number of benzene rings is 1. The number of carbonyl (C=O) groups excluding carboxylic acids is 2. The van der Waals surface area contributed by atoms with Crippen LogP contribution in [0.2, 0.25) is 5.02 Å². The molecule has 1 aromatic rings. The first kappa shape index (κ1) is 16.3. The average molecular weight is 325 g/mol. The Labute approximate surface area is 133 Å². The Bertz CT molecular complexity index is 661. The van der Waals surface area contributed by atoms with Gasteiger partial charge in [-0.1, -0.05) is 30.7 Å². The fraction of sp³-hybridized carbons (Fsp3) is 0.400. The number of hydrogen-bond acceptors (Lipinski definition) is 3. The van der Waals surface area contributed by atoms with Gasteiger partial charge >= 0.3 is 12.0 Å². The summed E-state index contributed by atoms with van der Waals surface area (Å²) in [6, 6.07) is 3.14. The Hall–Kier alpha value is -2.08. The second kappa shape index (κ2) is 5.61. The van der Waals surface area contributed by atoms with E-state index in [1.54, 1.807) is 32.0 Å². The van der Waals surface area contributed by atoms with Gasteiger partial charge in [-0.15, -0.1) is 0 Å². The maximum Gasteiger partial charge on any atom is 0.326 e. The van der Waals surface area contributed by atoms with Gasteiger partial charge in [0.2, 0.25) is 0 Å². The number of imide groups is 1. The van der Waals surface area contributed by atoms with E-state index in [0.717, 1.165) is 10.5 Å². The molecule has 1 saturated heterocycles. The zero-order chi connectivity index (χ0) is 16.7. The Morgan fingerprint density at radius 3 is 2.59 bits per heavy atom. The molecule has 22 heavy (non-hydrogen) atoms. The molecule has 1 aliphatic rings. The Morgan fingerprint density at radius 1 is 1.45 bits per heavy atom. The molecular weight excluding hydrogens is 308 g/mol. The number of rotatable bonds is 4. The number of urea groups is 1. The number of carboxylic acids is 1. The van der Waals surface area contributed by atoms with Crippen LogP contribution in [0.1, 0.15) is 31.4 Å². The normalized spacial score (nSPS) is 22.6. The van der Waals surface area contributed by atoms with Crippen molar-refractivity contribution in [3.63, 3.8) is 0 Å². The third-order valence-corrected chi connectivity index (χ3v) is 4.47. The van der Waals surface area contributed by atoms with Gasteiger partial charge in [0.25, 0.3) is 5.91 Å². The lowest BCUT2D eigenvalue weighted by molar-refractivity contribution is -0.147. The molecule has 2 N–H and O–H groups in total. The summed E-state index contributed by atoms with van der Waals surface area (Å²) in [6.07, 6.45) is 0.307. The minimum Gasteiger partial charge on any atom is -0.480 e. The van der Waals surface area contributed by atoms with Crippen molar-refractivity contribution in [2.24, 2.45) is 0 Å². The lowest BCUT2D eigenvalue weighted by atomic mass is 9.86. The highest BCUT2D eigenvalue weighted by molar-refractivity contribution is 6.31. The van der Waals surface area contributed by atoms with Crippen LogP contribution in [0, 0.1) is 6.92 Å². The number of aliphatic carboxylic acids is 1. The number of hydrogen-bond donors (Lipinski definition) is 2. The van der Waals surface area contributed by atoms with Crippen molar-refractivity contribution in [2.75, 3.05) is 0 Å². The van der Waals surface area contributed by atoms with Crippen molar-refractivity contribution < 1.29 is 19.5 Å². The number of halogens is 1. The van der Waals surface area contributed by atoms with Gasteiger partial charge < -0.3 is 10.4 Å². The summed E-state index contributed by atoms with van der Waals surface area (Å²) in [4.78, 5) is 36.8. The molecule has 0 bridgehead atoms. The summed E-state index contributed by atoms with van der Waals surface area (Å²) >= 11 is 6.00.